The summed E-state index contributed by atoms with van der Waals surface area (Å²) in [5.74, 6) is -1.38. The first kappa shape index (κ1) is 29.7. The molecular formula is C37H34N2O6. The van der Waals surface area contributed by atoms with E-state index in [0.717, 1.165) is 33.4 Å². The van der Waals surface area contributed by atoms with Crippen molar-refractivity contribution in [1.82, 2.24) is 9.88 Å². The van der Waals surface area contributed by atoms with Crippen LogP contribution in [0.25, 0.3) is 33.2 Å². The lowest BCUT2D eigenvalue weighted by Gasteiger charge is -2.19. The van der Waals surface area contributed by atoms with Crippen LogP contribution >= 0.6 is 0 Å². The van der Waals surface area contributed by atoms with Gasteiger partial charge in [0.2, 0.25) is 0 Å². The molecule has 6 rings (SSSR count). The minimum atomic E-state index is -1.31. The van der Waals surface area contributed by atoms with Crippen molar-refractivity contribution in [2.45, 2.75) is 44.8 Å². The molecule has 2 N–H and O–H groups in total. The first-order chi connectivity index (χ1) is 21.6. The second kappa shape index (κ2) is 12.0. The van der Waals surface area contributed by atoms with E-state index in [1.54, 1.807) is 27.0 Å². The van der Waals surface area contributed by atoms with Gasteiger partial charge in [-0.05, 0) is 71.8 Å². The van der Waals surface area contributed by atoms with E-state index in [1.165, 1.54) is 4.57 Å². The van der Waals surface area contributed by atoms with E-state index in [1.807, 2.05) is 97.1 Å². The summed E-state index contributed by atoms with van der Waals surface area (Å²) in [5.41, 5.74) is 6.61. The van der Waals surface area contributed by atoms with E-state index in [2.05, 4.69) is 5.32 Å². The number of hydrogen-bond donors (Lipinski definition) is 2. The van der Waals surface area contributed by atoms with Gasteiger partial charge in [0.1, 0.15) is 18.2 Å². The Labute approximate surface area is 261 Å². The topological polar surface area (TPSA) is 107 Å². The van der Waals surface area contributed by atoms with Crippen LogP contribution in [0.4, 0.5) is 9.59 Å². The molecule has 1 atom stereocenters. The Kier molecular flexibility index (Phi) is 7.89. The van der Waals surface area contributed by atoms with Crippen LogP contribution in [0.1, 0.15) is 43.4 Å². The van der Waals surface area contributed by atoms with E-state index < -0.39 is 29.8 Å². The van der Waals surface area contributed by atoms with E-state index in [-0.39, 0.29) is 18.9 Å². The molecule has 0 saturated carbocycles. The lowest BCUT2D eigenvalue weighted by atomic mass is 9.98. The maximum atomic E-state index is 13.2. The summed E-state index contributed by atoms with van der Waals surface area (Å²) in [6.45, 7) is 5.40. The Morgan fingerprint density at radius 2 is 1.47 bits per heavy atom. The highest BCUT2D eigenvalue weighted by atomic mass is 16.6. The molecule has 0 radical (unpaired) electrons. The molecule has 45 heavy (non-hydrogen) atoms. The summed E-state index contributed by atoms with van der Waals surface area (Å²) in [4.78, 5) is 38.6. The number of hydrogen-bond acceptors (Lipinski definition) is 5. The molecular weight excluding hydrogens is 568 g/mol. The summed E-state index contributed by atoms with van der Waals surface area (Å²) in [6, 6.07) is 30.1. The maximum absolute atomic E-state index is 13.2. The fourth-order valence-electron chi connectivity index (χ4n) is 5.94. The molecule has 1 aliphatic rings. The van der Waals surface area contributed by atoms with Crippen LogP contribution in [0.2, 0.25) is 0 Å². The first-order valence-corrected chi connectivity index (χ1v) is 14.9. The summed E-state index contributed by atoms with van der Waals surface area (Å²) in [7, 11) is 0. The standard InChI is InChI=1S/C37H34N2O6/c1-37(2,3)45-36(43)39-21-25(30-19-24(17-18-33(30)39)23-11-5-4-6-12-23)20-32(34(40)41)38-35(42)44-22-31-28-15-9-7-13-26(28)27-14-8-10-16-29(27)31/h4-19,21,31-32H,20,22H2,1-3H3,(H,38,42)(H,40,41)/t32-/m0/s1. The Morgan fingerprint density at radius 3 is 2.09 bits per heavy atom. The van der Waals surface area contributed by atoms with Gasteiger partial charge >= 0.3 is 18.2 Å². The highest BCUT2D eigenvalue weighted by Crippen LogP contribution is 2.44. The third-order valence-electron chi connectivity index (χ3n) is 7.94. The summed E-state index contributed by atoms with van der Waals surface area (Å²) < 4.78 is 12.6. The smallest absolute Gasteiger partial charge is 0.419 e. The molecule has 4 aromatic carbocycles. The van der Waals surface area contributed by atoms with Crippen LogP contribution in [0.3, 0.4) is 0 Å². The van der Waals surface area contributed by atoms with Crippen molar-refractivity contribution in [3.05, 3.63) is 120 Å². The monoisotopic (exact) mass is 602 g/mol. The zero-order valence-corrected chi connectivity index (χ0v) is 25.3. The number of alkyl carbamates (subject to hydrolysis) is 1. The number of carbonyl (C=O) groups excluding carboxylic acids is 2. The Balaban J connectivity index is 1.25. The Morgan fingerprint density at radius 1 is 0.844 bits per heavy atom. The zero-order valence-electron chi connectivity index (χ0n) is 25.3. The largest absolute Gasteiger partial charge is 0.480 e. The number of nitrogens with one attached hydrogen (secondary N) is 1. The molecule has 228 valence electrons. The second-order valence-corrected chi connectivity index (χ2v) is 12.2. The molecule has 1 heterocycles. The van der Waals surface area contributed by atoms with E-state index in [4.69, 9.17) is 9.47 Å². The number of amides is 1. The molecule has 0 fully saturated rings. The number of aromatic nitrogens is 1. The number of carbonyl (C=O) groups is 3. The van der Waals surface area contributed by atoms with Gasteiger partial charge in [0.25, 0.3) is 0 Å². The molecule has 0 unspecified atom stereocenters. The third kappa shape index (κ3) is 6.17. The van der Waals surface area contributed by atoms with Crippen LogP contribution in [-0.4, -0.2) is 46.1 Å². The van der Waals surface area contributed by atoms with Crippen molar-refractivity contribution in [3.63, 3.8) is 0 Å². The first-order valence-electron chi connectivity index (χ1n) is 14.9. The summed E-state index contributed by atoms with van der Waals surface area (Å²) in [5, 5.41) is 13.3. The number of carboxylic acids is 1. The van der Waals surface area contributed by atoms with Crippen molar-refractivity contribution in [2.75, 3.05) is 6.61 Å². The molecule has 1 aliphatic carbocycles. The SMILES string of the molecule is CC(C)(C)OC(=O)n1cc(C[C@H](NC(=O)OCC2c3ccccc3-c3ccccc32)C(=O)O)c2cc(-c3ccccc3)ccc21. The number of fused-ring (bicyclic) bond motifs is 4. The van der Waals surface area contributed by atoms with Crippen LogP contribution in [0.5, 0.6) is 0 Å². The van der Waals surface area contributed by atoms with Crippen LogP contribution in [0, 0.1) is 0 Å². The average Bonchev–Trinajstić information content (AvgIpc) is 3.54. The van der Waals surface area contributed by atoms with Gasteiger partial charge in [-0.2, -0.15) is 0 Å². The highest BCUT2D eigenvalue weighted by molar-refractivity contribution is 5.95. The molecule has 5 aromatic rings. The normalized spacial score (nSPS) is 13.1. The van der Waals surface area contributed by atoms with Gasteiger partial charge in [0.15, 0.2) is 0 Å². The quantitative estimate of drug-likeness (QED) is 0.198. The molecule has 0 spiro atoms. The number of rotatable bonds is 7. The lowest BCUT2D eigenvalue weighted by Crippen LogP contribution is -2.42. The average molecular weight is 603 g/mol. The zero-order chi connectivity index (χ0) is 31.7. The molecule has 0 saturated heterocycles. The Bertz CT molecular complexity index is 1860. The number of nitrogens with zero attached hydrogens (tertiary/aromatic N) is 1. The van der Waals surface area contributed by atoms with Crippen LogP contribution < -0.4 is 5.32 Å². The summed E-state index contributed by atoms with van der Waals surface area (Å²) >= 11 is 0. The van der Waals surface area contributed by atoms with Gasteiger partial charge < -0.3 is 19.9 Å². The number of aliphatic carboxylic acids is 1. The fraction of sp³-hybridized carbons (Fsp3) is 0.216. The van der Waals surface area contributed by atoms with E-state index >= 15 is 0 Å². The van der Waals surface area contributed by atoms with Crippen molar-refractivity contribution >= 4 is 29.1 Å². The van der Waals surface area contributed by atoms with Crippen LogP contribution in [-0.2, 0) is 20.7 Å². The Hall–Kier alpha value is -5.37. The second-order valence-electron chi connectivity index (χ2n) is 12.2. The molecule has 1 aromatic heterocycles. The van der Waals surface area contributed by atoms with Crippen molar-refractivity contribution in [2.24, 2.45) is 0 Å². The number of ether oxygens (including phenoxy) is 2. The van der Waals surface area contributed by atoms with Crippen molar-refractivity contribution in [3.8, 4) is 22.3 Å². The molecule has 0 aliphatic heterocycles. The van der Waals surface area contributed by atoms with E-state index in [0.29, 0.717) is 16.5 Å². The van der Waals surface area contributed by atoms with Gasteiger partial charge in [0, 0.05) is 23.9 Å². The maximum Gasteiger partial charge on any atom is 0.419 e. The fourth-order valence-corrected chi connectivity index (χ4v) is 5.94. The minimum Gasteiger partial charge on any atom is -0.480 e. The molecule has 8 nitrogen and oxygen atoms in total. The lowest BCUT2D eigenvalue weighted by molar-refractivity contribution is -0.139. The third-order valence-corrected chi connectivity index (χ3v) is 7.94. The molecule has 8 heteroatoms. The van der Waals surface area contributed by atoms with E-state index in [9.17, 15) is 19.5 Å². The predicted octanol–water partition coefficient (Wildman–Crippen LogP) is 7.63. The number of carboxylic acid groups (broad SMARTS) is 1. The number of benzene rings is 4. The minimum absolute atomic E-state index is 0.0601. The van der Waals surface area contributed by atoms with Gasteiger partial charge in [-0.3, -0.25) is 4.57 Å². The molecule has 1 amide bonds. The molecule has 0 bridgehead atoms. The highest BCUT2D eigenvalue weighted by Gasteiger charge is 2.30. The predicted molar refractivity (Wildman–Crippen MR) is 172 cm³/mol. The van der Waals surface area contributed by atoms with Crippen molar-refractivity contribution < 1.29 is 29.0 Å². The summed E-state index contributed by atoms with van der Waals surface area (Å²) in [6.07, 6.45) is 0.0973. The van der Waals surface area contributed by atoms with Gasteiger partial charge in [0.05, 0.1) is 5.52 Å². The van der Waals surface area contributed by atoms with Gasteiger partial charge in [-0.1, -0.05) is 84.9 Å². The van der Waals surface area contributed by atoms with Gasteiger partial charge in [-0.25, -0.2) is 14.4 Å². The van der Waals surface area contributed by atoms with Gasteiger partial charge in [-0.15, -0.1) is 0 Å². The van der Waals surface area contributed by atoms with Crippen LogP contribution in [0.15, 0.2) is 103 Å². The van der Waals surface area contributed by atoms with Crippen molar-refractivity contribution in [1.29, 1.82) is 0 Å².